The number of nitrogens with zero attached hydrogens (tertiary/aromatic N) is 1. The number of rotatable bonds is 5. The molecule has 0 saturated carbocycles. The normalized spacial score (nSPS) is 23.6. The van der Waals surface area contributed by atoms with Crippen LogP contribution in [0.1, 0.15) is 52.9 Å². The van der Waals surface area contributed by atoms with Gasteiger partial charge in [-0.3, -0.25) is 0 Å². The Bertz CT molecular complexity index is 256. The van der Waals surface area contributed by atoms with E-state index in [1.807, 2.05) is 4.90 Å². The molecule has 4 nitrogen and oxygen atoms in total. The molecule has 3 atom stereocenters. The number of piperidine rings is 1. The molecule has 1 rings (SSSR count). The number of aliphatic hydroxyl groups excluding tert-OH is 1. The molecule has 0 aromatic carbocycles. The third-order valence-electron chi connectivity index (χ3n) is 4.20. The van der Waals surface area contributed by atoms with Gasteiger partial charge < -0.3 is 15.3 Å². The van der Waals surface area contributed by atoms with Gasteiger partial charge in [0.15, 0.2) is 0 Å². The van der Waals surface area contributed by atoms with Gasteiger partial charge in [-0.15, -0.1) is 0 Å². The van der Waals surface area contributed by atoms with E-state index in [4.69, 9.17) is 5.11 Å². The predicted octanol–water partition coefficient (Wildman–Crippen LogP) is 2.37. The highest BCUT2D eigenvalue weighted by molar-refractivity contribution is 5.75. The topological polar surface area (TPSA) is 52.6 Å². The van der Waals surface area contributed by atoms with Crippen LogP contribution < -0.4 is 5.32 Å². The van der Waals surface area contributed by atoms with Crippen molar-refractivity contribution in [2.45, 2.75) is 65.0 Å². The second-order valence-electron chi connectivity index (χ2n) is 5.48. The highest BCUT2D eigenvalue weighted by atomic mass is 16.3. The molecule has 3 unspecified atom stereocenters. The minimum absolute atomic E-state index is 0.0425. The molecule has 0 aliphatic carbocycles. The smallest absolute Gasteiger partial charge is 0.317 e. The summed E-state index contributed by atoms with van der Waals surface area (Å²) >= 11 is 0. The molecule has 106 valence electrons. The van der Waals surface area contributed by atoms with Gasteiger partial charge in [0.05, 0.1) is 0 Å². The van der Waals surface area contributed by atoms with Gasteiger partial charge in [-0.2, -0.15) is 0 Å². The molecule has 4 heteroatoms. The maximum atomic E-state index is 12.2. The maximum Gasteiger partial charge on any atom is 0.317 e. The second-order valence-corrected chi connectivity index (χ2v) is 5.48. The molecule has 0 spiro atoms. The summed E-state index contributed by atoms with van der Waals surface area (Å²) in [5.74, 6) is 0.495. The Balaban J connectivity index is 2.52. The number of carbonyl (C=O) groups excluding carboxylic acids is 1. The van der Waals surface area contributed by atoms with Crippen molar-refractivity contribution in [3.05, 3.63) is 0 Å². The van der Waals surface area contributed by atoms with E-state index in [1.165, 1.54) is 0 Å². The Kier molecular flexibility index (Phi) is 6.47. The van der Waals surface area contributed by atoms with Crippen molar-refractivity contribution >= 4 is 6.03 Å². The van der Waals surface area contributed by atoms with Crippen molar-refractivity contribution in [2.24, 2.45) is 5.92 Å². The van der Waals surface area contributed by atoms with E-state index in [0.717, 1.165) is 32.2 Å². The average molecular weight is 256 g/mol. The first-order valence-corrected chi connectivity index (χ1v) is 7.28. The van der Waals surface area contributed by atoms with E-state index < -0.39 is 0 Å². The molecular weight excluding hydrogens is 228 g/mol. The first kappa shape index (κ1) is 15.3. The van der Waals surface area contributed by atoms with E-state index in [1.54, 1.807) is 0 Å². The Labute approximate surface area is 111 Å². The molecule has 18 heavy (non-hydrogen) atoms. The van der Waals surface area contributed by atoms with Gasteiger partial charge in [0.1, 0.15) is 0 Å². The van der Waals surface area contributed by atoms with Crippen LogP contribution in [-0.2, 0) is 0 Å². The lowest BCUT2D eigenvalue weighted by Crippen LogP contribution is -2.52. The highest BCUT2D eigenvalue weighted by Gasteiger charge is 2.27. The zero-order valence-corrected chi connectivity index (χ0v) is 12.0. The summed E-state index contributed by atoms with van der Waals surface area (Å²) < 4.78 is 0. The molecule has 1 heterocycles. The average Bonchev–Trinajstić information content (AvgIpc) is 2.38. The molecule has 1 saturated heterocycles. The number of amides is 2. The Hall–Kier alpha value is -0.770. The number of carbonyl (C=O) groups is 1. The van der Waals surface area contributed by atoms with Gasteiger partial charge in [-0.25, -0.2) is 4.79 Å². The van der Waals surface area contributed by atoms with Gasteiger partial charge >= 0.3 is 6.03 Å². The number of hydrogen-bond donors (Lipinski definition) is 2. The van der Waals surface area contributed by atoms with E-state index in [0.29, 0.717) is 12.3 Å². The minimum Gasteiger partial charge on any atom is -0.396 e. The fourth-order valence-corrected chi connectivity index (χ4v) is 2.49. The molecule has 0 aromatic rings. The van der Waals surface area contributed by atoms with Crippen molar-refractivity contribution in [3.8, 4) is 0 Å². The first-order valence-electron chi connectivity index (χ1n) is 7.28. The van der Waals surface area contributed by atoms with E-state index in [-0.39, 0.29) is 24.7 Å². The van der Waals surface area contributed by atoms with Crippen molar-refractivity contribution in [1.29, 1.82) is 0 Å². The van der Waals surface area contributed by atoms with E-state index in [2.05, 4.69) is 26.1 Å². The monoisotopic (exact) mass is 256 g/mol. The lowest BCUT2D eigenvalue weighted by molar-refractivity contribution is 0.128. The number of hydrogen-bond acceptors (Lipinski definition) is 2. The number of nitrogens with one attached hydrogen (secondary N) is 1. The Morgan fingerprint density at radius 1 is 1.44 bits per heavy atom. The molecular formula is C14H28N2O2. The quantitative estimate of drug-likeness (QED) is 0.793. The lowest BCUT2D eigenvalue weighted by Gasteiger charge is -2.36. The standard InChI is InChI=1S/C14H28N2O2/c1-4-11(2)12(3)15-14(18)16-9-6-5-7-13(16)8-10-17/h11-13,17H,4-10H2,1-3H3,(H,15,18). The lowest BCUT2D eigenvalue weighted by atomic mass is 9.99. The summed E-state index contributed by atoms with van der Waals surface area (Å²) in [7, 11) is 0. The van der Waals surface area contributed by atoms with E-state index >= 15 is 0 Å². The van der Waals surface area contributed by atoms with Crippen LogP contribution in [0, 0.1) is 5.92 Å². The molecule has 1 aliphatic heterocycles. The van der Waals surface area contributed by atoms with Crippen molar-refractivity contribution in [3.63, 3.8) is 0 Å². The summed E-state index contributed by atoms with van der Waals surface area (Å²) in [6.07, 6.45) is 5.03. The van der Waals surface area contributed by atoms with Crippen LogP contribution in [0.15, 0.2) is 0 Å². The van der Waals surface area contributed by atoms with Gasteiger partial charge in [-0.05, 0) is 38.5 Å². The zero-order valence-electron chi connectivity index (χ0n) is 12.0. The third-order valence-corrected chi connectivity index (χ3v) is 4.20. The fraction of sp³-hybridized carbons (Fsp3) is 0.929. The number of urea groups is 1. The van der Waals surface area contributed by atoms with Crippen molar-refractivity contribution in [2.75, 3.05) is 13.2 Å². The zero-order chi connectivity index (χ0) is 13.5. The molecule has 2 N–H and O–H groups in total. The van der Waals surface area contributed by atoms with Crippen LogP contribution in [0.25, 0.3) is 0 Å². The number of aliphatic hydroxyl groups is 1. The van der Waals surface area contributed by atoms with Gasteiger partial charge in [0.25, 0.3) is 0 Å². The van der Waals surface area contributed by atoms with Crippen LogP contribution in [-0.4, -0.2) is 41.3 Å². The van der Waals surface area contributed by atoms with Gasteiger partial charge in [0, 0.05) is 25.2 Å². The first-order chi connectivity index (χ1) is 8.60. The SMILES string of the molecule is CCC(C)C(C)NC(=O)N1CCCCC1CCO. The molecule has 0 aromatic heterocycles. The molecule has 0 bridgehead atoms. The largest absolute Gasteiger partial charge is 0.396 e. The van der Waals surface area contributed by atoms with Crippen molar-refractivity contribution in [1.82, 2.24) is 10.2 Å². The van der Waals surface area contributed by atoms with Crippen molar-refractivity contribution < 1.29 is 9.90 Å². The predicted molar refractivity (Wildman–Crippen MR) is 73.5 cm³/mol. The third kappa shape index (κ3) is 4.16. The summed E-state index contributed by atoms with van der Waals surface area (Å²) in [5, 5.41) is 12.2. The number of likely N-dealkylation sites (tertiary alicyclic amines) is 1. The van der Waals surface area contributed by atoms with Crippen LogP contribution in [0.5, 0.6) is 0 Å². The van der Waals surface area contributed by atoms with Gasteiger partial charge in [0.2, 0.25) is 0 Å². The van der Waals surface area contributed by atoms with Crippen LogP contribution in [0.2, 0.25) is 0 Å². The second kappa shape index (κ2) is 7.62. The van der Waals surface area contributed by atoms with Crippen LogP contribution in [0.3, 0.4) is 0 Å². The molecule has 1 aliphatic rings. The maximum absolute atomic E-state index is 12.2. The highest BCUT2D eigenvalue weighted by Crippen LogP contribution is 2.20. The summed E-state index contributed by atoms with van der Waals surface area (Å²) in [6.45, 7) is 7.35. The van der Waals surface area contributed by atoms with Crippen LogP contribution >= 0.6 is 0 Å². The minimum atomic E-state index is 0.0425. The Morgan fingerprint density at radius 3 is 2.78 bits per heavy atom. The summed E-state index contributed by atoms with van der Waals surface area (Å²) in [6, 6.07) is 0.466. The summed E-state index contributed by atoms with van der Waals surface area (Å²) in [4.78, 5) is 14.2. The summed E-state index contributed by atoms with van der Waals surface area (Å²) in [5.41, 5.74) is 0. The molecule has 0 radical (unpaired) electrons. The Morgan fingerprint density at radius 2 is 2.17 bits per heavy atom. The van der Waals surface area contributed by atoms with Crippen LogP contribution in [0.4, 0.5) is 4.79 Å². The molecule has 2 amide bonds. The van der Waals surface area contributed by atoms with E-state index in [9.17, 15) is 4.79 Å². The van der Waals surface area contributed by atoms with Gasteiger partial charge in [-0.1, -0.05) is 20.3 Å². The fourth-order valence-electron chi connectivity index (χ4n) is 2.49. The molecule has 1 fully saturated rings.